The first kappa shape index (κ1) is 10.3. The first-order valence-electron chi connectivity index (χ1n) is 4.77. The van der Waals surface area contributed by atoms with Gasteiger partial charge in [-0.25, -0.2) is 0 Å². The van der Waals surface area contributed by atoms with Crippen molar-refractivity contribution in [3.05, 3.63) is 11.3 Å². The lowest BCUT2D eigenvalue weighted by Gasteiger charge is -2.21. The normalized spacial score (nSPS) is 21.2. The van der Waals surface area contributed by atoms with Crippen molar-refractivity contribution in [1.29, 1.82) is 5.26 Å². The number of aryl methyl sites for hydroxylation is 1. The second-order valence-corrected chi connectivity index (χ2v) is 4.61. The van der Waals surface area contributed by atoms with E-state index in [9.17, 15) is 0 Å². The fourth-order valence-corrected chi connectivity index (χ4v) is 2.60. The van der Waals surface area contributed by atoms with Gasteiger partial charge in [-0.15, -0.1) is 0 Å². The number of nitrogens with two attached hydrogens (primary N) is 1. The Hall–Kier alpha value is -1.19. The number of nitrogen functional groups attached to an aromatic ring is 1. The summed E-state index contributed by atoms with van der Waals surface area (Å²) in [6, 6.07) is 2.28. The largest absolute Gasteiger partial charge is 0.383 e. The summed E-state index contributed by atoms with van der Waals surface area (Å²) in [5.74, 6) is 2.51. The highest BCUT2D eigenvalue weighted by Gasteiger charge is 2.23. The molecule has 1 saturated heterocycles. The summed E-state index contributed by atoms with van der Waals surface area (Å²) < 4.78 is 1.56. The minimum Gasteiger partial charge on any atom is -0.383 e. The second-order valence-electron chi connectivity index (χ2n) is 3.46. The van der Waals surface area contributed by atoms with Crippen LogP contribution in [-0.2, 0) is 7.05 Å². The Morgan fingerprint density at radius 1 is 1.73 bits per heavy atom. The lowest BCUT2D eigenvalue weighted by atomic mass is 10.1. The second kappa shape index (κ2) is 4.13. The predicted octanol–water partition coefficient (Wildman–Crippen LogP) is 0.251. The molecule has 2 rings (SSSR count). The van der Waals surface area contributed by atoms with Gasteiger partial charge in [-0.1, -0.05) is 0 Å². The van der Waals surface area contributed by atoms with Crippen LogP contribution in [0.15, 0.2) is 0 Å². The molecule has 2 heterocycles. The fraction of sp³-hybridized carbons (Fsp3) is 0.556. The number of hydrogen-bond acceptors (Lipinski definition) is 5. The summed E-state index contributed by atoms with van der Waals surface area (Å²) >= 11 is 1.87. The van der Waals surface area contributed by atoms with E-state index < -0.39 is 0 Å². The minimum atomic E-state index is 0.155. The zero-order valence-electron chi connectivity index (χ0n) is 8.53. The van der Waals surface area contributed by atoms with Crippen molar-refractivity contribution in [1.82, 2.24) is 15.1 Å². The molecule has 0 bridgehead atoms. The number of thioether (sulfide) groups is 1. The van der Waals surface area contributed by atoms with E-state index in [1.54, 1.807) is 11.7 Å². The molecule has 1 aromatic rings. The van der Waals surface area contributed by atoms with Gasteiger partial charge in [-0.05, 0) is 0 Å². The van der Waals surface area contributed by atoms with Crippen LogP contribution in [0.4, 0.5) is 5.82 Å². The molecular formula is C9H13N5S. The highest BCUT2D eigenvalue weighted by molar-refractivity contribution is 7.99. The molecule has 3 N–H and O–H groups in total. The fourth-order valence-electron chi connectivity index (χ4n) is 1.66. The standard InChI is InChI=1S/C9H13N5S/c1-14-9(11)6(4-10)8(13-14)7-5-15-3-2-12-7/h7,12H,2-3,5,11H2,1H3. The molecule has 0 radical (unpaired) electrons. The van der Waals surface area contributed by atoms with Crippen molar-refractivity contribution >= 4 is 17.6 Å². The first-order chi connectivity index (χ1) is 7.24. The zero-order valence-corrected chi connectivity index (χ0v) is 9.34. The molecule has 1 fully saturated rings. The van der Waals surface area contributed by atoms with Gasteiger partial charge in [0.1, 0.15) is 23.1 Å². The van der Waals surface area contributed by atoms with Crippen LogP contribution in [0.25, 0.3) is 0 Å². The van der Waals surface area contributed by atoms with Gasteiger partial charge >= 0.3 is 0 Å². The average Bonchev–Trinajstić information content (AvgIpc) is 2.56. The summed E-state index contributed by atoms with van der Waals surface area (Å²) in [7, 11) is 1.76. The molecule has 0 aliphatic carbocycles. The van der Waals surface area contributed by atoms with Crippen molar-refractivity contribution in [3.8, 4) is 6.07 Å². The summed E-state index contributed by atoms with van der Waals surface area (Å²) in [6.07, 6.45) is 0. The minimum absolute atomic E-state index is 0.155. The Morgan fingerprint density at radius 2 is 2.53 bits per heavy atom. The third-order valence-corrected chi connectivity index (χ3v) is 3.54. The summed E-state index contributed by atoms with van der Waals surface area (Å²) in [5, 5.41) is 16.7. The van der Waals surface area contributed by atoms with E-state index in [1.165, 1.54) is 0 Å². The van der Waals surface area contributed by atoms with Crippen molar-refractivity contribution in [2.45, 2.75) is 6.04 Å². The molecular weight excluding hydrogens is 210 g/mol. The first-order valence-corrected chi connectivity index (χ1v) is 5.93. The number of aromatic nitrogens is 2. The molecule has 0 spiro atoms. The van der Waals surface area contributed by atoms with E-state index in [4.69, 9.17) is 11.0 Å². The van der Waals surface area contributed by atoms with Crippen LogP contribution >= 0.6 is 11.8 Å². The SMILES string of the molecule is Cn1nc(C2CSCCN2)c(C#N)c1N. The molecule has 1 atom stereocenters. The Labute approximate surface area is 92.6 Å². The third-order valence-electron chi connectivity index (χ3n) is 2.48. The number of nitrogens with zero attached hydrogens (tertiary/aromatic N) is 3. The number of anilines is 1. The van der Waals surface area contributed by atoms with Crippen LogP contribution < -0.4 is 11.1 Å². The quantitative estimate of drug-likeness (QED) is 0.713. The van der Waals surface area contributed by atoms with Gasteiger partial charge < -0.3 is 11.1 Å². The van der Waals surface area contributed by atoms with Crippen LogP contribution in [0.3, 0.4) is 0 Å². The van der Waals surface area contributed by atoms with E-state index in [0.29, 0.717) is 11.4 Å². The van der Waals surface area contributed by atoms with E-state index in [0.717, 1.165) is 23.7 Å². The smallest absolute Gasteiger partial charge is 0.139 e. The third kappa shape index (κ3) is 1.80. The average molecular weight is 223 g/mol. The Balaban J connectivity index is 2.35. The maximum absolute atomic E-state index is 9.03. The van der Waals surface area contributed by atoms with Gasteiger partial charge in [0.15, 0.2) is 0 Å². The number of nitriles is 1. The molecule has 80 valence electrons. The van der Waals surface area contributed by atoms with Gasteiger partial charge in [-0.3, -0.25) is 4.68 Å². The zero-order chi connectivity index (χ0) is 10.8. The van der Waals surface area contributed by atoms with Gasteiger partial charge in [0.2, 0.25) is 0 Å². The highest BCUT2D eigenvalue weighted by atomic mass is 32.2. The molecule has 0 saturated carbocycles. The molecule has 5 nitrogen and oxygen atoms in total. The van der Waals surface area contributed by atoms with E-state index in [1.807, 2.05) is 11.8 Å². The summed E-state index contributed by atoms with van der Waals surface area (Å²) in [4.78, 5) is 0. The van der Waals surface area contributed by atoms with E-state index >= 15 is 0 Å². The monoisotopic (exact) mass is 223 g/mol. The lowest BCUT2D eigenvalue weighted by Crippen LogP contribution is -2.31. The van der Waals surface area contributed by atoms with Crippen LogP contribution in [0.2, 0.25) is 0 Å². The molecule has 1 unspecified atom stereocenters. The number of rotatable bonds is 1. The molecule has 15 heavy (non-hydrogen) atoms. The molecule has 1 aromatic heterocycles. The summed E-state index contributed by atoms with van der Waals surface area (Å²) in [5.41, 5.74) is 7.06. The van der Waals surface area contributed by atoms with Gasteiger partial charge in [0.25, 0.3) is 0 Å². The lowest BCUT2D eigenvalue weighted by molar-refractivity contribution is 0.568. The molecule has 0 amide bonds. The number of hydrogen-bond donors (Lipinski definition) is 2. The topological polar surface area (TPSA) is 79.7 Å². The Kier molecular flexibility index (Phi) is 2.84. The van der Waals surface area contributed by atoms with Crippen LogP contribution in [0.1, 0.15) is 17.3 Å². The molecule has 1 aliphatic heterocycles. The van der Waals surface area contributed by atoms with Crippen LogP contribution in [0, 0.1) is 11.3 Å². The maximum Gasteiger partial charge on any atom is 0.139 e. The molecule has 0 aromatic carbocycles. The van der Waals surface area contributed by atoms with Crippen LogP contribution in [-0.4, -0.2) is 27.8 Å². The van der Waals surface area contributed by atoms with Gasteiger partial charge in [-0.2, -0.15) is 22.1 Å². The molecule has 6 heteroatoms. The van der Waals surface area contributed by atoms with Gasteiger partial charge in [0.05, 0.1) is 6.04 Å². The summed E-state index contributed by atoms with van der Waals surface area (Å²) in [6.45, 7) is 0.955. The number of nitrogens with one attached hydrogen (secondary N) is 1. The van der Waals surface area contributed by atoms with E-state index in [2.05, 4.69) is 16.5 Å². The van der Waals surface area contributed by atoms with Crippen molar-refractivity contribution < 1.29 is 0 Å². The van der Waals surface area contributed by atoms with Gasteiger partial charge in [0, 0.05) is 25.1 Å². The highest BCUT2D eigenvalue weighted by Crippen LogP contribution is 2.26. The van der Waals surface area contributed by atoms with Crippen molar-refractivity contribution in [2.24, 2.45) is 7.05 Å². The Morgan fingerprint density at radius 3 is 3.13 bits per heavy atom. The molecule has 1 aliphatic rings. The Bertz CT molecular complexity index is 399. The van der Waals surface area contributed by atoms with Crippen molar-refractivity contribution in [3.63, 3.8) is 0 Å². The van der Waals surface area contributed by atoms with E-state index in [-0.39, 0.29) is 6.04 Å². The van der Waals surface area contributed by atoms with Crippen LogP contribution in [0.5, 0.6) is 0 Å². The maximum atomic E-state index is 9.03. The van der Waals surface area contributed by atoms with Crippen molar-refractivity contribution in [2.75, 3.05) is 23.8 Å². The predicted molar refractivity (Wildman–Crippen MR) is 60.4 cm³/mol.